The van der Waals surface area contributed by atoms with Crippen LogP contribution >= 0.6 is 0 Å². The summed E-state index contributed by atoms with van der Waals surface area (Å²) >= 11 is 0. The van der Waals surface area contributed by atoms with Gasteiger partial charge in [-0.05, 0) is 114 Å². The van der Waals surface area contributed by atoms with Crippen molar-refractivity contribution in [3.63, 3.8) is 0 Å². The van der Waals surface area contributed by atoms with E-state index in [0.717, 1.165) is 33.8 Å². The van der Waals surface area contributed by atoms with E-state index >= 15 is 0 Å². The van der Waals surface area contributed by atoms with E-state index in [0.29, 0.717) is 0 Å². The Morgan fingerprint density at radius 1 is 0.346 bits per heavy atom. The molecule has 8 aromatic rings. The second kappa shape index (κ2) is 14.7. The summed E-state index contributed by atoms with van der Waals surface area (Å²) in [6, 6.07) is 60.4. The molecule has 0 N–H and O–H groups in total. The molecule has 2 heteroatoms. The molecule has 52 heavy (non-hydrogen) atoms. The molecule has 0 unspecified atom stereocenters. The van der Waals surface area contributed by atoms with Crippen molar-refractivity contribution >= 4 is 45.8 Å². The van der Waals surface area contributed by atoms with Crippen LogP contribution in [0.2, 0.25) is 0 Å². The number of hydrogen-bond donors (Lipinski definition) is 0. The summed E-state index contributed by atoms with van der Waals surface area (Å²) in [5.74, 6) is 1.69. The van der Waals surface area contributed by atoms with Crippen molar-refractivity contribution in [2.75, 3.05) is 14.2 Å². The second-order valence-corrected chi connectivity index (χ2v) is 12.9. The van der Waals surface area contributed by atoms with Crippen LogP contribution in [0.15, 0.2) is 170 Å². The van der Waals surface area contributed by atoms with E-state index in [9.17, 15) is 0 Å². The molecule has 2 nitrogen and oxygen atoms in total. The van der Waals surface area contributed by atoms with Gasteiger partial charge in [0.2, 0.25) is 0 Å². The second-order valence-electron chi connectivity index (χ2n) is 12.9. The molecule has 0 saturated heterocycles. The quantitative estimate of drug-likeness (QED) is 0.142. The van der Waals surface area contributed by atoms with Gasteiger partial charge in [-0.25, -0.2) is 0 Å². The van der Waals surface area contributed by atoms with Crippen LogP contribution < -0.4 is 9.47 Å². The molecule has 0 bridgehead atoms. The first-order chi connectivity index (χ1) is 25.7. The fourth-order valence-electron chi connectivity index (χ4n) is 6.95. The Hall–Kier alpha value is -6.64. The molecular formula is C50H38O2. The fraction of sp³-hybridized carbons (Fsp3) is 0.0400. The lowest BCUT2D eigenvalue weighted by molar-refractivity contribution is 0.414. The van der Waals surface area contributed by atoms with Gasteiger partial charge in [0.05, 0.1) is 14.2 Å². The standard InChI is InChI=1S/C50H38O2/c1-51-45-27-15-35(16-28-45)13-19-39-21-23-43-33-41(37-9-5-3-6-10-37)25-31-47(43)49(39)50-40(20-14-36-17-29-46(52-2)30-18-36)22-24-44-34-42(26-32-48(44)50)38-11-7-4-8-12-38/h3-34H,1-2H3/b19-13+,20-14+. The van der Waals surface area contributed by atoms with Crippen LogP contribution in [-0.2, 0) is 0 Å². The third-order valence-corrected chi connectivity index (χ3v) is 9.71. The largest absolute Gasteiger partial charge is 0.497 e. The molecule has 8 aromatic carbocycles. The minimum atomic E-state index is 0.844. The summed E-state index contributed by atoms with van der Waals surface area (Å²) in [6.45, 7) is 0. The molecular weight excluding hydrogens is 633 g/mol. The van der Waals surface area contributed by atoms with Gasteiger partial charge < -0.3 is 9.47 Å². The molecule has 8 rings (SSSR count). The number of ether oxygens (including phenoxy) is 2. The highest BCUT2D eigenvalue weighted by Crippen LogP contribution is 2.42. The Morgan fingerprint density at radius 2 is 0.750 bits per heavy atom. The molecule has 0 aromatic heterocycles. The SMILES string of the molecule is COc1ccc(/C=C/c2ccc3cc(-c4ccccc4)ccc3c2-c2c(/C=C/c3ccc(OC)cc3)ccc3cc(-c4ccccc4)ccc23)cc1. The lowest BCUT2D eigenvalue weighted by Crippen LogP contribution is -1.93. The topological polar surface area (TPSA) is 18.5 Å². The summed E-state index contributed by atoms with van der Waals surface area (Å²) in [4.78, 5) is 0. The summed E-state index contributed by atoms with van der Waals surface area (Å²) in [5.41, 5.74) is 11.7. The van der Waals surface area contributed by atoms with E-state index in [2.05, 4.69) is 170 Å². The number of rotatable bonds is 9. The lowest BCUT2D eigenvalue weighted by atomic mass is 9.85. The Kier molecular flexibility index (Phi) is 9.19. The lowest BCUT2D eigenvalue weighted by Gasteiger charge is -2.18. The molecule has 0 amide bonds. The monoisotopic (exact) mass is 670 g/mol. The van der Waals surface area contributed by atoms with E-state index in [1.165, 1.54) is 54.9 Å². The smallest absolute Gasteiger partial charge is 0.118 e. The Balaban J connectivity index is 1.37. The first-order valence-electron chi connectivity index (χ1n) is 17.6. The molecule has 0 saturated carbocycles. The minimum Gasteiger partial charge on any atom is -0.497 e. The average molecular weight is 671 g/mol. The van der Waals surface area contributed by atoms with Crippen molar-refractivity contribution in [3.8, 4) is 44.9 Å². The summed E-state index contributed by atoms with van der Waals surface area (Å²) in [7, 11) is 3.39. The van der Waals surface area contributed by atoms with E-state index in [1.54, 1.807) is 14.2 Å². The molecule has 250 valence electrons. The van der Waals surface area contributed by atoms with Gasteiger partial charge in [-0.1, -0.05) is 158 Å². The molecule has 0 fully saturated rings. The van der Waals surface area contributed by atoms with E-state index in [1.807, 2.05) is 24.3 Å². The van der Waals surface area contributed by atoms with Crippen LogP contribution in [0.5, 0.6) is 11.5 Å². The fourth-order valence-corrected chi connectivity index (χ4v) is 6.95. The zero-order valence-electron chi connectivity index (χ0n) is 29.3. The molecule has 0 aliphatic heterocycles. The van der Waals surface area contributed by atoms with Crippen LogP contribution in [0.1, 0.15) is 22.3 Å². The van der Waals surface area contributed by atoms with Gasteiger partial charge >= 0.3 is 0 Å². The first-order valence-corrected chi connectivity index (χ1v) is 17.6. The third-order valence-electron chi connectivity index (χ3n) is 9.71. The van der Waals surface area contributed by atoms with Crippen molar-refractivity contribution in [2.24, 2.45) is 0 Å². The average Bonchev–Trinajstić information content (AvgIpc) is 3.22. The molecule has 0 aliphatic rings. The molecule has 0 radical (unpaired) electrons. The van der Waals surface area contributed by atoms with E-state index in [-0.39, 0.29) is 0 Å². The number of benzene rings is 8. The maximum Gasteiger partial charge on any atom is 0.118 e. The number of hydrogen-bond acceptors (Lipinski definition) is 2. The number of methoxy groups -OCH3 is 2. The van der Waals surface area contributed by atoms with Crippen molar-refractivity contribution in [1.29, 1.82) is 0 Å². The summed E-state index contributed by atoms with van der Waals surface area (Å²) < 4.78 is 10.8. The predicted molar refractivity (Wildman–Crippen MR) is 222 cm³/mol. The summed E-state index contributed by atoms with van der Waals surface area (Å²) in [6.07, 6.45) is 8.87. The molecule has 0 spiro atoms. The van der Waals surface area contributed by atoms with Gasteiger partial charge in [0.1, 0.15) is 11.5 Å². The molecule has 0 atom stereocenters. The minimum absolute atomic E-state index is 0.844. The molecule has 0 heterocycles. The predicted octanol–water partition coefficient (Wildman–Crippen LogP) is 13.4. The highest BCUT2D eigenvalue weighted by molar-refractivity contribution is 6.12. The Bertz CT molecular complexity index is 2360. The Labute approximate surface area is 305 Å². The maximum atomic E-state index is 5.42. The van der Waals surface area contributed by atoms with Crippen LogP contribution in [0.3, 0.4) is 0 Å². The highest BCUT2D eigenvalue weighted by atomic mass is 16.5. The van der Waals surface area contributed by atoms with Crippen molar-refractivity contribution in [1.82, 2.24) is 0 Å². The van der Waals surface area contributed by atoms with Gasteiger partial charge in [-0.3, -0.25) is 0 Å². The zero-order chi connectivity index (χ0) is 35.3. The first kappa shape index (κ1) is 32.6. The Morgan fingerprint density at radius 3 is 1.13 bits per heavy atom. The van der Waals surface area contributed by atoms with Crippen molar-refractivity contribution in [3.05, 3.63) is 192 Å². The normalized spacial score (nSPS) is 11.5. The zero-order valence-corrected chi connectivity index (χ0v) is 29.3. The van der Waals surface area contributed by atoms with Crippen LogP contribution in [-0.4, -0.2) is 14.2 Å². The van der Waals surface area contributed by atoms with Crippen LogP contribution in [0, 0.1) is 0 Å². The van der Waals surface area contributed by atoms with Crippen LogP contribution in [0.4, 0.5) is 0 Å². The van der Waals surface area contributed by atoms with Gasteiger partial charge in [0.25, 0.3) is 0 Å². The van der Waals surface area contributed by atoms with Crippen molar-refractivity contribution < 1.29 is 9.47 Å². The van der Waals surface area contributed by atoms with Crippen LogP contribution in [0.25, 0.3) is 79.2 Å². The highest BCUT2D eigenvalue weighted by Gasteiger charge is 2.17. The maximum absolute atomic E-state index is 5.42. The van der Waals surface area contributed by atoms with Gasteiger partial charge in [-0.2, -0.15) is 0 Å². The van der Waals surface area contributed by atoms with Crippen molar-refractivity contribution in [2.45, 2.75) is 0 Å². The summed E-state index contributed by atoms with van der Waals surface area (Å²) in [5, 5.41) is 4.80. The molecule has 0 aliphatic carbocycles. The number of fused-ring (bicyclic) bond motifs is 2. The third kappa shape index (κ3) is 6.75. The van der Waals surface area contributed by atoms with E-state index in [4.69, 9.17) is 9.47 Å². The van der Waals surface area contributed by atoms with Gasteiger partial charge in [0.15, 0.2) is 0 Å². The van der Waals surface area contributed by atoms with Gasteiger partial charge in [0, 0.05) is 0 Å². The van der Waals surface area contributed by atoms with E-state index < -0.39 is 0 Å². The van der Waals surface area contributed by atoms with Gasteiger partial charge in [-0.15, -0.1) is 0 Å².